The highest BCUT2D eigenvalue weighted by atomic mass is 19.1. The van der Waals surface area contributed by atoms with Crippen molar-refractivity contribution in [3.05, 3.63) is 42.1 Å². The van der Waals surface area contributed by atoms with Gasteiger partial charge in [-0.05, 0) is 74.0 Å². The number of fused-ring (bicyclic) bond motifs is 5. The van der Waals surface area contributed by atoms with Crippen LogP contribution < -0.4 is 5.32 Å². The summed E-state index contributed by atoms with van der Waals surface area (Å²) >= 11 is 0. The number of carboxylic acids is 1. The number of aromatic nitrogens is 5. The van der Waals surface area contributed by atoms with Crippen LogP contribution in [0.4, 0.5) is 10.2 Å². The molecule has 9 heteroatoms. The van der Waals surface area contributed by atoms with E-state index in [1.54, 1.807) is 6.20 Å². The first kappa shape index (κ1) is 19.9. The smallest absolute Gasteiger partial charge is 0.308 e. The minimum absolute atomic E-state index is 0.169. The van der Waals surface area contributed by atoms with E-state index in [2.05, 4.69) is 21.4 Å². The van der Waals surface area contributed by atoms with Gasteiger partial charge in [-0.1, -0.05) is 0 Å². The number of nitrogens with zero attached hydrogens (tertiary/aromatic N) is 4. The Morgan fingerprint density at radius 2 is 1.94 bits per heavy atom. The normalized spacial score (nSPS) is 26.4. The molecular formula is C25H25FN6O2. The first-order valence-electron chi connectivity index (χ1n) is 12.1. The van der Waals surface area contributed by atoms with E-state index in [-0.39, 0.29) is 12.0 Å². The third kappa shape index (κ3) is 3.09. The fourth-order valence-electron chi connectivity index (χ4n) is 6.21. The van der Waals surface area contributed by atoms with Crippen LogP contribution in [-0.4, -0.2) is 41.7 Å². The maximum Gasteiger partial charge on any atom is 0.308 e. The maximum absolute atomic E-state index is 14.0. The van der Waals surface area contributed by atoms with E-state index in [0.29, 0.717) is 40.1 Å². The van der Waals surface area contributed by atoms with Gasteiger partial charge >= 0.3 is 5.97 Å². The molecule has 0 aliphatic heterocycles. The molecule has 4 heterocycles. The molecule has 0 spiro atoms. The first-order chi connectivity index (χ1) is 16.5. The zero-order valence-corrected chi connectivity index (χ0v) is 18.5. The number of carboxylic acid groups (broad SMARTS) is 1. The summed E-state index contributed by atoms with van der Waals surface area (Å²) in [6, 6.07) is 3.38. The monoisotopic (exact) mass is 460 g/mol. The van der Waals surface area contributed by atoms with Crippen molar-refractivity contribution in [2.45, 2.75) is 50.5 Å². The van der Waals surface area contributed by atoms with Crippen molar-refractivity contribution >= 4 is 28.3 Å². The van der Waals surface area contributed by atoms with Crippen LogP contribution in [0.15, 0.2) is 30.7 Å². The Bertz CT molecular complexity index is 1430. The largest absolute Gasteiger partial charge is 0.481 e. The SMILES string of the molecule is O=C(O)[C@H]1C2CCC(CC2)[C@@H]1Nc1nc(-c2c[nH]c3ncc(F)cc23)nn2cc(C3CC3)cc12. The number of aromatic amines is 1. The van der Waals surface area contributed by atoms with Crippen molar-refractivity contribution in [2.75, 3.05) is 5.32 Å². The van der Waals surface area contributed by atoms with E-state index in [9.17, 15) is 14.3 Å². The molecule has 0 radical (unpaired) electrons. The quantitative estimate of drug-likeness (QED) is 0.402. The van der Waals surface area contributed by atoms with Gasteiger partial charge in [-0.25, -0.2) is 18.9 Å². The van der Waals surface area contributed by atoms with Gasteiger partial charge in [-0.15, -0.1) is 5.10 Å². The number of H-pyrrole nitrogens is 1. The van der Waals surface area contributed by atoms with E-state index in [4.69, 9.17) is 10.1 Å². The molecule has 174 valence electrons. The van der Waals surface area contributed by atoms with Gasteiger partial charge in [0.1, 0.15) is 17.0 Å². The lowest BCUT2D eigenvalue weighted by Crippen LogP contribution is -2.51. The standard InChI is InChI=1S/C25H25FN6O2/c26-16-8-17-18(10-28-22(17)27-9-16)23-30-24(19-7-15(12-1-2-12)11-32(19)31-23)29-21-14-5-3-13(4-6-14)20(21)25(33)34/h7-14,20-21H,1-6H2,(H,27,28)(H,33,34)(H,29,30,31)/t13?,14?,20-,21-/m0/s1. The molecule has 2 bridgehead atoms. The highest BCUT2D eigenvalue weighted by Crippen LogP contribution is 2.47. The van der Waals surface area contributed by atoms with Crippen LogP contribution in [0.2, 0.25) is 0 Å². The Balaban J connectivity index is 1.37. The topological polar surface area (TPSA) is 108 Å². The lowest BCUT2D eigenvalue weighted by molar-refractivity contribution is -0.148. The number of anilines is 1. The zero-order chi connectivity index (χ0) is 23.0. The second-order valence-electron chi connectivity index (χ2n) is 10.1. The third-order valence-electron chi connectivity index (χ3n) is 8.08. The molecule has 0 aromatic carbocycles. The molecule has 4 aliphatic carbocycles. The van der Waals surface area contributed by atoms with Crippen LogP contribution in [0.25, 0.3) is 27.9 Å². The van der Waals surface area contributed by atoms with Crippen LogP contribution in [0.5, 0.6) is 0 Å². The molecule has 4 aromatic rings. The van der Waals surface area contributed by atoms with Gasteiger partial charge in [0, 0.05) is 29.4 Å². The second-order valence-corrected chi connectivity index (χ2v) is 10.1. The molecule has 0 unspecified atom stereocenters. The van der Waals surface area contributed by atoms with Gasteiger partial charge < -0.3 is 15.4 Å². The molecule has 4 aliphatic rings. The first-order valence-corrected chi connectivity index (χ1v) is 12.1. The molecule has 4 fully saturated rings. The molecule has 8 nitrogen and oxygen atoms in total. The van der Waals surface area contributed by atoms with Crippen LogP contribution in [0.1, 0.15) is 50.0 Å². The number of halogens is 1. The average Bonchev–Trinajstić information content (AvgIpc) is 3.46. The zero-order valence-electron chi connectivity index (χ0n) is 18.5. The van der Waals surface area contributed by atoms with Crippen molar-refractivity contribution in [1.29, 1.82) is 0 Å². The summed E-state index contributed by atoms with van der Waals surface area (Å²) in [5.41, 5.74) is 3.30. The second kappa shape index (κ2) is 7.25. The molecule has 34 heavy (non-hydrogen) atoms. The summed E-state index contributed by atoms with van der Waals surface area (Å²) in [5.74, 6) is 0.565. The number of hydrogen-bond donors (Lipinski definition) is 3. The minimum atomic E-state index is -0.732. The van der Waals surface area contributed by atoms with Crippen molar-refractivity contribution in [3.63, 3.8) is 0 Å². The van der Waals surface area contributed by atoms with E-state index in [1.165, 1.54) is 30.7 Å². The van der Waals surface area contributed by atoms with Crippen molar-refractivity contribution in [1.82, 2.24) is 24.6 Å². The fourth-order valence-corrected chi connectivity index (χ4v) is 6.21. The predicted octanol–water partition coefficient (Wildman–Crippen LogP) is 4.59. The van der Waals surface area contributed by atoms with Gasteiger partial charge in [-0.2, -0.15) is 0 Å². The predicted molar refractivity (Wildman–Crippen MR) is 124 cm³/mol. The summed E-state index contributed by atoms with van der Waals surface area (Å²) in [5, 5.41) is 19.0. The van der Waals surface area contributed by atoms with Gasteiger partial charge in [0.15, 0.2) is 11.6 Å². The Morgan fingerprint density at radius 3 is 2.71 bits per heavy atom. The van der Waals surface area contributed by atoms with E-state index in [0.717, 1.165) is 31.2 Å². The molecule has 2 atom stereocenters. The van der Waals surface area contributed by atoms with Gasteiger partial charge in [0.2, 0.25) is 0 Å². The molecule has 3 N–H and O–H groups in total. The molecule has 4 saturated carbocycles. The number of rotatable bonds is 5. The van der Waals surface area contributed by atoms with Crippen LogP contribution in [0.3, 0.4) is 0 Å². The Kier molecular flexibility index (Phi) is 4.25. The Morgan fingerprint density at radius 1 is 1.15 bits per heavy atom. The number of carbonyl (C=O) groups is 1. The Hall–Kier alpha value is -3.49. The lowest BCUT2D eigenvalue weighted by atomic mass is 9.61. The Labute approximate surface area is 194 Å². The number of aliphatic carboxylic acids is 1. The van der Waals surface area contributed by atoms with Crippen molar-refractivity contribution in [2.24, 2.45) is 17.8 Å². The summed E-state index contributed by atoms with van der Waals surface area (Å²) in [4.78, 5) is 24.3. The number of nitrogens with one attached hydrogen (secondary N) is 2. The summed E-state index contributed by atoms with van der Waals surface area (Å²) < 4.78 is 15.8. The molecular weight excluding hydrogens is 435 g/mol. The highest BCUT2D eigenvalue weighted by Gasteiger charge is 2.47. The summed E-state index contributed by atoms with van der Waals surface area (Å²) in [6.07, 6.45) is 11.3. The van der Waals surface area contributed by atoms with Crippen molar-refractivity contribution < 1.29 is 14.3 Å². The molecule has 4 aromatic heterocycles. The maximum atomic E-state index is 14.0. The number of hydrogen-bond acceptors (Lipinski definition) is 5. The summed E-state index contributed by atoms with van der Waals surface area (Å²) in [7, 11) is 0. The fraction of sp³-hybridized carbons (Fsp3) is 0.440. The highest BCUT2D eigenvalue weighted by molar-refractivity contribution is 5.92. The van der Waals surface area contributed by atoms with E-state index >= 15 is 0 Å². The van der Waals surface area contributed by atoms with Crippen molar-refractivity contribution in [3.8, 4) is 11.4 Å². The van der Waals surface area contributed by atoms with Crippen LogP contribution in [0, 0.1) is 23.6 Å². The minimum Gasteiger partial charge on any atom is -0.481 e. The molecule has 0 amide bonds. The summed E-state index contributed by atoms with van der Waals surface area (Å²) in [6.45, 7) is 0. The van der Waals surface area contributed by atoms with Crippen LogP contribution >= 0.6 is 0 Å². The van der Waals surface area contributed by atoms with Crippen LogP contribution in [-0.2, 0) is 4.79 Å². The number of pyridine rings is 1. The van der Waals surface area contributed by atoms with E-state index in [1.807, 2.05) is 10.7 Å². The average molecular weight is 461 g/mol. The van der Waals surface area contributed by atoms with E-state index < -0.39 is 17.7 Å². The lowest BCUT2D eigenvalue weighted by Gasteiger charge is -2.47. The third-order valence-corrected chi connectivity index (χ3v) is 8.08. The van der Waals surface area contributed by atoms with Gasteiger partial charge in [0.25, 0.3) is 0 Å². The molecule has 8 rings (SSSR count). The molecule has 0 saturated heterocycles. The van der Waals surface area contributed by atoms with Gasteiger partial charge in [-0.3, -0.25) is 4.79 Å². The van der Waals surface area contributed by atoms with Gasteiger partial charge in [0.05, 0.1) is 12.1 Å².